The van der Waals surface area contributed by atoms with Crippen molar-refractivity contribution in [2.24, 2.45) is 11.7 Å². The molecule has 0 bridgehead atoms. The van der Waals surface area contributed by atoms with Gasteiger partial charge >= 0.3 is 0 Å². The van der Waals surface area contributed by atoms with Crippen molar-refractivity contribution in [2.75, 3.05) is 0 Å². The van der Waals surface area contributed by atoms with Gasteiger partial charge in [0.2, 0.25) is 0 Å². The maximum Gasteiger partial charge on any atom is 0.111 e. The predicted molar refractivity (Wildman–Crippen MR) is 30.8 cm³/mol. The Balaban J connectivity index is 2.58. The SMILES string of the molecule is C=C[C@@H]1C[C@]1(N)C#N. The molecule has 2 nitrogen and oxygen atoms in total. The van der Waals surface area contributed by atoms with Crippen LogP contribution in [0.15, 0.2) is 12.7 Å². The summed E-state index contributed by atoms with van der Waals surface area (Å²) in [6.07, 6.45) is 2.52. The van der Waals surface area contributed by atoms with Gasteiger partial charge in [0.15, 0.2) is 0 Å². The van der Waals surface area contributed by atoms with Crippen LogP contribution in [0.3, 0.4) is 0 Å². The van der Waals surface area contributed by atoms with E-state index in [0.29, 0.717) is 0 Å². The molecule has 0 aliphatic heterocycles. The molecule has 0 aromatic rings. The fourth-order valence-electron chi connectivity index (χ4n) is 0.727. The van der Waals surface area contributed by atoms with E-state index >= 15 is 0 Å². The molecule has 1 aliphatic carbocycles. The van der Waals surface area contributed by atoms with E-state index in [1.165, 1.54) is 0 Å². The summed E-state index contributed by atoms with van der Waals surface area (Å²) in [6.45, 7) is 3.53. The first kappa shape index (κ1) is 5.33. The summed E-state index contributed by atoms with van der Waals surface area (Å²) in [6, 6.07) is 2.02. The predicted octanol–water partition coefficient (Wildman–Crippen LogP) is 0.413. The number of nitrogens with two attached hydrogens (primary N) is 1. The normalized spacial score (nSPS) is 42.8. The average Bonchev–Trinajstić information content (AvgIpc) is 2.44. The lowest BCUT2D eigenvalue weighted by Crippen LogP contribution is -2.21. The Labute approximate surface area is 48.6 Å². The number of rotatable bonds is 1. The molecule has 1 aliphatic rings. The Morgan fingerprint density at radius 2 is 2.62 bits per heavy atom. The minimum atomic E-state index is -0.554. The molecule has 2 heteroatoms. The van der Waals surface area contributed by atoms with Gasteiger partial charge in [0.05, 0.1) is 6.07 Å². The molecule has 2 N–H and O–H groups in total. The van der Waals surface area contributed by atoms with Crippen LogP contribution < -0.4 is 5.73 Å². The monoisotopic (exact) mass is 108 g/mol. The third-order valence-corrected chi connectivity index (χ3v) is 1.55. The lowest BCUT2D eigenvalue weighted by Gasteiger charge is -1.90. The van der Waals surface area contributed by atoms with Crippen molar-refractivity contribution in [3.05, 3.63) is 12.7 Å². The molecule has 2 atom stereocenters. The Morgan fingerprint density at radius 1 is 2.00 bits per heavy atom. The number of hydrogen-bond donors (Lipinski definition) is 1. The lowest BCUT2D eigenvalue weighted by atomic mass is 10.2. The summed E-state index contributed by atoms with van der Waals surface area (Å²) < 4.78 is 0. The van der Waals surface area contributed by atoms with Crippen molar-refractivity contribution in [3.63, 3.8) is 0 Å². The van der Waals surface area contributed by atoms with Gasteiger partial charge in [0.1, 0.15) is 5.54 Å². The van der Waals surface area contributed by atoms with E-state index in [9.17, 15) is 0 Å². The van der Waals surface area contributed by atoms with Crippen molar-refractivity contribution < 1.29 is 0 Å². The molecule has 1 rings (SSSR count). The van der Waals surface area contributed by atoms with E-state index in [2.05, 4.69) is 6.58 Å². The van der Waals surface area contributed by atoms with Crippen LogP contribution in [0.1, 0.15) is 6.42 Å². The highest BCUT2D eigenvalue weighted by molar-refractivity contribution is 5.26. The second kappa shape index (κ2) is 1.33. The largest absolute Gasteiger partial charge is 0.313 e. The fraction of sp³-hybridized carbons (Fsp3) is 0.500. The molecular formula is C6H8N2. The van der Waals surface area contributed by atoms with Crippen molar-refractivity contribution in [2.45, 2.75) is 12.0 Å². The Morgan fingerprint density at radius 3 is 2.75 bits per heavy atom. The second-order valence-corrected chi connectivity index (χ2v) is 2.20. The minimum absolute atomic E-state index is 0.243. The molecule has 0 unspecified atom stereocenters. The van der Waals surface area contributed by atoms with E-state index < -0.39 is 5.54 Å². The Bertz CT molecular complexity index is 156. The van der Waals surface area contributed by atoms with Crippen LogP contribution in [0, 0.1) is 17.2 Å². The second-order valence-electron chi connectivity index (χ2n) is 2.20. The van der Waals surface area contributed by atoms with Crippen molar-refractivity contribution in [1.29, 1.82) is 5.26 Å². The van der Waals surface area contributed by atoms with Crippen LogP contribution in [-0.4, -0.2) is 5.54 Å². The molecule has 42 valence electrons. The smallest absolute Gasteiger partial charge is 0.111 e. The summed E-state index contributed by atoms with van der Waals surface area (Å²) in [5.74, 6) is 0.243. The van der Waals surface area contributed by atoms with E-state index in [4.69, 9.17) is 11.0 Å². The molecule has 1 saturated carbocycles. The van der Waals surface area contributed by atoms with Crippen LogP contribution in [-0.2, 0) is 0 Å². The molecule has 1 fully saturated rings. The molecule has 0 spiro atoms. The molecule has 0 heterocycles. The van der Waals surface area contributed by atoms with Gasteiger partial charge in [-0.15, -0.1) is 6.58 Å². The third kappa shape index (κ3) is 0.524. The summed E-state index contributed by atoms with van der Waals surface area (Å²) >= 11 is 0. The van der Waals surface area contributed by atoms with Crippen LogP contribution in [0.5, 0.6) is 0 Å². The summed E-state index contributed by atoms with van der Waals surface area (Å²) in [7, 11) is 0. The first-order valence-corrected chi connectivity index (χ1v) is 2.55. The summed E-state index contributed by atoms with van der Waals surface area (Å²) in [5.41, 5.74) is 4.91. The Kier molecular flexibility index (Phi) is 0.887. The van der Waals surface area contributed by atoms with Crippen molar-refractivity contribution >= 4 is 0 Å². The highest BCUT2D eigenvalue weighted by atomic mass is 14.8. The van der Waals surface area contributed by atoms with Gasteiger partial charge in [-0.05, 0) is 6.42 Å². The van der Waals surface area contributed by atoms with E-state index in [1.807, 2.05) is 6.07 Å². The lowest BCUT2D eigenvalue weighted by molar-refractivity contribution is 0.815. The summed E-state index contributed by atoms with van der Waals surface area (Å²) in [5, 5.41) is 8.34. The first-order chi connectivity index (χ1) is 3.73. The fourth-order valence-corrected chi connectivity index (χ4v) is 0.727. The van der Waals surface area contributed by atoms with Crippen molar-refractivity contribution in [1.82, 2.24) is 0 Å². The molecule has 0 amide bonds. The van der Waals surface area contributed by atoms with E-state index in [0.717, 1.165) is 6.42 Å². The zero-order valence-electron chi connectivity index (χ0n) is 4.59. The molecule has 8 heavy (non-hydrogen) atoms. The minimum Gasteiger partial charge on any atom is -0.313 e. The third-order valence-electron chi connectivity index (χ3n) is 1.55. The van der Waals surface area contributed by atoms with Crippen LogP contribution in [0.4, 0.5) is 0 Å². The van der Waals surface area contributed by atoms with Gasteiger partial charge in [-0.1, -0.05) is 6.08 Å². The standard InChI is InChI=1S/C6H8N2/c1-2-5-3-6(5,8)4-7/h2,5H,1,3,8H2/t5-,6+/m1/s1. The highest BCUT2D eigenvalue weighted by Crippen LogP contribution is 2.40. The van der Waals surface area contributed by atoms with Gasteiger partial charge in [-0.25, -0.2) is 0 Å². The first-order valence-electron chi connectivity index (χ1n) is 2.55. The highest BCUT2D eigenvalue weighted by Gasteiger charge is 2.49. The van der Waals surface area contributed by atoms with Gasteiger partial charge in [0.25, 0.3) is 0 Å². The van der Waals surface area contributed by atoms with Crippen molar-refractivity contribution in [3.8, 4) is 6.07 Å². The summed E-state index contributed by atoms with van der Waals surface area (Å²) in [4.78, 5) is 0. The van der Waals surface area contributed by atoms with E-state index in [1.54, 1.807) is 6.08 Å². The van der Waals surface area contributed by atoms with Gasteiger partial charge in [0, 0.05) is 5.92 Å². The number of hydrogen-bond acceptors (Lipinski definition) is 2. The molecule has 0 saturated heterocycles. The van der Waals surface area contributed by atoms with Gasteiger partial charge in [-0.3, -0.25) is 0 Å². The van der Waals surface area contributed by atoms with Crippen LogP contribution >= 0.6 is 0 Å². The maximum absolute atomic E-state index is 8.34. The zero-order chi connectivity index (χ0) is 6.20. The molecule has 0 radical (unpaired) electrons. The molecular weight excluding hydrogens is 100 g/mol. The van der Waals surface area contributed by atoms with Crippen LogP contribution in [0.2, 0.25) is 0 Å². The van der Waals surface area contributed by atoms with E-state index in [-0.39, 0.29) is 5.92 Å². The topological polar surface area (TPSA) is 49.8 Å². The quantitative estimate of drug-likeness (QED) is 0.495. The number of nitriles is 1. The Hall–Kier alpha value is -0.810. The van der Waals surface area contributed by atoms with Gasteiger partial charge < -0.3 is 5.73 Å². The number of nitrogens with zero attached hydrogens (tertiary/aromatic N) is 1. The zero-order valence-corrected chi connectivity index (χ0v) is 4.59. The van der Waals surface area contributed by atoms with Gasteiger partial charge in [-0.2, -0.15) is 5.26 Å². The maximum atomic E-state index is 8.34. The molecule has 0 aromatic heterocycles. The average molecular weight is 108 g/mol. The molecule has 0 aromatic carbocycles. The van der Waals surface area contributed by atoms with Crippen LogP contribution in [0.25, 0.3) is 0 Å².